The maximum atomic E-state index is 12.8. The molecule has 0 N–H and O–H groups in total. The summed E-state index contributed by atoms with van der Waals surface area (Å²) in [7, 11) is 0. The molecule has 0 atom stereocenters. The highest BCUT2D eigenvalue weighted by atomic mass is 16.6. The summed E-state index contributed by atoms with van der Waals surface area (Å²) in [6, 6.07) is 10.9. The van der Waals surface area contributed by atoms with Crippen LogP contribution in [0, 0.1) is 0 Å². The van der Waals surface area contributed by atoms with Crippen LogP contribution in [-0.2, 0) is 9.53 Å². The lowest BCUT2D eigenvalue weighted by molar-refractivity contribution is -0.148. The number of rotatable bonds is 2. The minimum Gasteiger partial charge on any atom is -0.457 e. The first-order valence-electron chi connectivity index (χ1n) is 7.65. The molecule has 122 valence electrons. The number of hydrogen-bond donors (Lipinski definition) is 0. The summed E-state index contributed by atoms with van der Waals surface area (Å²) < 4.78 is 5.36. The first-order chi connectivity index (χ1) is 11.4. The number of esters is 1. The molecule has 0 bridgehead atoms. The Hall–Kier alpha value is -2.95. The molecule has 1 amide bonds. The third-order valence-corrected chi connectivity index (χ3v) is 3.45. The molecule has 24 heavy (non-hydrogen) atoms. The van der Waals surface area contributed by atoms with Gasteiger partial charge in [-0.1, -0.05) is 18.2 Å². The smallest absolute Gasteiger partial charge is 0.333 e. The van der Waals surface area contributed by atoms with Gasteiger partial charge in [-0.05, 0) is 39.0 Å². The third kappa shape index (κ3) is 3.06. The minimum atomic E-state index is -0.605. The van der Waals surface area contributed by atoms with Crippen LogP contribution in [0.25, 0.3) is 5.70 Å². The molecular formula is C19H18N2O3. The number of carbonyl (C=O) groups is 2. The average molecular weight is 322 g/mol. The molecule has 2 aromatic rings. The summed E-state index contributed by atoms with van der Waals surface area (Å²) in [5.41, 5.74) is 1.70. The quantitative estimate of drug-likeness (QED) is 0.628. The molecule has 0 spiro atoms. The summed E-state index contributed by atoms with van der Waals surface area (Å²) >= 11 is 0. The van der Waals surface area contributed by atoms with Gasteiger partial charge in [0.25, 0.3) is 5.91 Å². The van der Waals surface area contributed by atoms with Crippen LogP contribution < -0.4 is 4.90 Å². The molecule has 1 aliphatic heterocycles. The lowest BCUT2D eigenvalue weighted by atomic mass is 10.1. The van der Waals surface area contributed by atoms with E-state index in [1.54, 1.807) is 39.2 Å². The maximum Gasteiger partial charge on any atom is 0.333 e. The molecule has 0 aliphatic carbocycles. The van der Waals surface area contributed by atoms with Crippen LogP contribution in [0.3, 0.4) is 0 Å². The van der Waals surface area contributed by atoms with E-state index in [0.717, 1.165) is 0 Å². The molecule has 0 saturated carbocycles. The van der Waals surface area contributed by atoms with Gasteiger partial charge in [0.1, 0.15) is 5.60 Å². The first-order valence-corrected chi connectivity index (χ1v) is 7.65. The van der Waals surface area contributed by atoms with Crippen molar-refractivity contribution in [1.29, 1.82) is 0 Å². The number of benzene rings is 1. The van der Waals surface area contributed by atoms with Crippen molar-refractivity contribution < 1.29 is 14.3 Å². The predicted octanol–water partition coefficient (Wildman–Crippen LogP) is 3.42. The molecule has 0 fully saturated rings. The SMILES string of the molecule is CC(C)(C)OC(=O)/C=C1\c2cnccc2C(=O)N1c1ccccc1. The number of pyridine rings is 1. The molecular weight excluding hydrogens is 304 g/mol. The van der Waals surface area contributed by atoms with Gasteiger partial charge in [0.05, 0.1) is 11.3 Å². The Bertz CT molecular complexity index is 820. The van der Waals surface area contributed by atoms with E-state index in [1.807, 2.05) is 30.3 Å². The van der Waals surface area contributed by atoms with Crippen molar-refractivity contribution in [1.82, 2.24) is 4.98 Å². The van der Waals surface area contributed by atoms with Crippen molar-refractivity contribution in [2.45, 2.75) is 26.4 Å². The molecule has 5 heteroatoms. The van der Waals surface area contributed by atoms with Crippen LogP contribution in [0.5, 0.6) is 0 Å². The molecule has 5 nitrogen and oxygen atoms in total. The van der Waals surface area contributed by atoms with Gasteiger partial charge in [-0.3, -0.25) is 14.7 Å². The highest BCUT2D eigenvalue weighted by Gasteiger charge is 2.34. The highest BCUT2D eigenvalue weighted by Crippen LogP contribution is 2.36. The van der Waals surface area contributed by atoms with Crippen molar-refractivity contribution in [3.05, 3.63) is 66.0 Å². The van der Waals surface area contributed by atoms with Crippen molar-refractivity contribution in [2.24, 2.45) is 0 Å². The molecule has 3 rings (SSSR count). The maximum absolute atomic E-state index is 12.8. The summed E-state index contributed by atoms with van der Waals surface area (Å²) in [5.74, 6) is -0.684. The van der Waals surface area contributed by atoms with E-state index < -0.39 is 11.6 Å². The molecule has 0 radical (unpaired) electrons. The molecule has 0 unspecified atom stereocenters. The number of anilines is 1. The van der Waals surface area contributed by atoms with Crippen LogP contribution in [0.1, 0.15) is 36.7 Å². The van der Waals surface area contributed by atoms with E-state index in [4.69, 9.17) is 4.74 Å². The fraction of sp³-hybridized carbons (Fsp3) is 0.211. The number of nitrogens with zero attached hydrogens (tertiary/aromatic N) is 2. The van der Waals surface area contributed by atoms with E-state index in [-0.39, 0.29) is 5.91 Å². The van der Waals surface area contributed by atoms with Crippen molar-refractivity contribution >= 4 is 23.3 Å². The van der Waals surface area contributed by atoms with E-state index in [9.17, 15) is 9.59 Å². The number of ether oxygens (including phenoxy) is 1. The average Bonchev–Trinajstić information content (AvgIpc) is 2.79. The van der Waals surface area contributed by atoms with Gasteiger partial charge in [-0.25, -0.2) is 4.79 Å². The van der Waals surface area contributed by atoms with Crippen LogP contribution >= 0.6 is 0 Å². The second-order valence-corrected chi connectivity index (χ2v) is 6.46. The van der Waals surface area contributed by atoms with Crippen LogP contribution in [0.15, 0.2) is 54.9 Å². The van der Waals surface area contributed by atoms with Gasteiger partial charge < -0.3 is 4.74 Å². The van der Waals surface area contributed by atoms with Gasteiger partial charge in [0, 0.05) is 29.7 Å². The Kier molecular flexibility index (Phi) is 3.93. The molecule has 1 aromatic carbocycles. The Balaban J connectivity index is 2.08. The number of para-hydroxylation sites is 1. The number of hydrogen-bond acceptors (Lipinski definition) is 4. The lowest BCUT2D eigenvalue weighted by Gasteiger charge is -2.21. The molecule has 2 heterocycles. The summed E-state index contributed by atoms with van der Waals surface area (Å²) in [4.78, 5) is 30.6. The van der Waals surface area contributed by atoms with Crippen LogP contribution in [-0.4, -0.2) is 22.5 Å². The lowest BCUT2D eigenvalue weighted by Crippen LogP contribution is -2.25. The summed E-state index contributed by atoms with van der Waals surface area (Å²) in [6.45, 7) is 5.40. The second-order valence-electron chi connectivity index (χ2n) is 6.46. The normalized spacial score (nSPS) is 15.5. The predicted molar refractivity (Wildman–Crippen MR) is 91.3 cm³/mol. The molecule has 0 saturated heterocycles. The number of carbonyl (C=O) groups excluding carboxylic acids is 2. The largest absolute Gasteiger partial charge is 0.457 e. The minimum absolute atomic E-state index is 0.187. The van der Waals surface area contributed by atoms with Crippen molar-refractivity contribution in [3.8, 4) is 0 Å². The second kappa shape index (κ2) is 5.92. The Labute approximate surface area is 140 Å². The summed E-state index contributed by atoms with van der Waals surface area (Å²) in [6.07, 6.45) is 4.51. The summed E-state index contributed by atoms with van der Waals surface area (Å²) in [5, 5.41) is 0. The Morgan fingerprint density at radius 1 is 1.12 bits per heavy atom. The highest BCUT2D eigenvalue weighted by molar-refractivity contribution is 6.23. The number of aromatic nitrogens is 1. The van der Waals surface area contributed by atoms with E-state index in [0.29, 0.717) is 22.5 Å². The van der Waals surface area contributed by atoms with Crippen LogP contribution in [0.4, 0.5) is 5.69 Å². The van der Waals surface area contributed by atoms with Gasteiger partial charge >= 0.3 is 5.97 Å². The van der Waals surface area contributed by atoms with E-state index >= 15 is 0 Å². The fourth-order valence-corrected chi connectivity index (χ4v) is 2.55. The standard InChI is InChI=1S/C19H18N2O3/c1-19(2,3)24-17(22)11-16-15-12-20-10-9-14(15)18(23)21(16)13-7-5-4-6-8-13/h4-12H,1-3H3/b16-11+. The van der Waals surface area contributed by atoms with Gasteiger partial charge in [-0.2, -0.15) is 0 Å². The van der Waals surface area contributed by atoms with Crippen LogP contribution in [0.2, 0.25) is 0 Å². The Morgan fingerprint density at radius 2 is 1.83 bits per heavy atom. The number of fused-ring (bicyclic) bond motifs is 1. The van der Waals surface area contributed by atoms with E-state index in [1.165, 1.54) is 11.0 Å². The molecule has 1 aromatic heterocycles. The zero-order chi connectivity index (χ0) is 17.3. The topological polar surface area (TPSA) is 59.5 Å². The third-order valence-electron chi connectivity index (χ3n) is 3.45. The first kappa shape index (κ1) is 15.9. The van der Waals surface area contributed by atoms with Crippen molar-refractivity contribution in [3.63, 3.8) is 0 Å². The zero-order valence-corrected chi connectivity index (χ0v) is 13.8. The van der Waals surface area contributed by atoms with Gasteiger partial charge in [0.15, 0.2) is 0 Å². The van der Waals surface area contributed by atoms with Gasteiger partial charge in [0.2, 0.25) is 0 Å². The zero-order valence-electron chi connectivity index (χ0n) is 13.8. The molecule has 1 aliphatic rings. The van der Waals surface area contributed by atoms with Gasteiger partial charge in [-0.15, -0.1) is 0 Å². The van der Waals surface area contributed by atoms with Crippen molar-refractivity contribution in [2.75, 3.05) is 4.90 Å². The van der Waals surface area contributed by atoms with E-state index in [2.05, 4.69) is 4.98 Å². The fourth-order valence-electron chi connectivity index (χ4n) is 2.55. The number of amides is 1. The Morgan fingerprint density at radius 3 is 2.50 bits per heavy atom. The monoisotopic (exact) mass is 322 g/mol.